The largest absolute Gasteiger partial charge is 0.353 e. The lowest BCUT2D eigenvalue weighted by Crippen LogP contribution is -2.34. The first kappa shape index (κ1) is 16.2. The van der Waals surface area contributed by atoms with Crippen LogP contribution in [0.5, 0.6) is 0 Å². The van der Waals surface area contributed by atoms with Crippen LogP contribution in [0.3, 0.4) is 0 Å². The molecule has 1 aromatic carbocycles. The molecule has 0 radical (unpaired) electrons. The standard InChI is InChI=1S/C16H24N2O2/c1-5-12(4)17-15(19)10-16(20)18-14-8-6-13(7-9-14)11(2)3/h6-9,11-12H,5,10H2,1-4H3,(H,17,19)(H,18,20). The molecule has 0 spiro atoms. The Hall–Kier alpha value is -1.84. The number of carbonyl (C=O) groups is 2. The molecule has 4 heteroatoms. The number of anilines is 1. The average Bonchev–Trinajstić information content (AvgIpc) is 2.38. The fraction of sp³-hybridized carbons (Fsp3) is 0.500. The van der Waals surface area contributed by atoms with Gasteiger partial charge < -0.3 is 10.6 Å². The Bertz CT molecular complexity index is 452. The highest BCUT2D eigenvalue weighted by atomic mass is 16.2. The third-order valence-electron chi connectivity index (χ3n) is 3.20. The first-order chi connectivity index (χ1) is 9.42. The summed E-state index contributed by atoms with van der Waals surface area (Å²) >= 11 is 0. The summed E-state index contributed by atoms with van der Waals surface area (Å²) in [6, 6.07) is 7.79. The summed E-state index contributed by atoms with van der Waals surface area (Å²) in [6.07, 6.45) is 0.709. The predicted octanol–water partition coefficient (Wildman–Crippen LogP) is 3.05. The van der Waals surface area contributed by atoms with Gasteiger partial charge in [0.05, 0.1) is 0 Å². The van der Waals surface area contributed by atoms with Crippen LogP contribution < -0.4 is 10.6 Å². The second kappa shape index (κ2) is 7.68. The van der Waals surface area contributed by atoms with E-state index in [1.807, 2.05) is 38.1 Å². The molecule has 0 saturated heterocycles. The van der Waals surface area contributed by atoms with E-state index in [0.29, 0.717) is 5.92 Å². The molecule has 0 fully saturated rings. The number of rotatable bonds is 6. The van der Waals surface area contributed by atoms with Gasteiger partial charge in [0.15, 0.2) is 0 Å². The Morgan fingerprint density at radius 1 is 1.05 bits per heavy atom. The van der Waals surface area contributed by atoms with Crippen molar-refractivity contribution in [2.24, 2.45) is 0 Å². The van der Waals surface area contributed by atoms with Crippen LogP contribution in [0.15, 0.2) is 24.3 Å². The lowest BCUT2D eigenvalue weighted by Gasteiger charge is -2.11. The first-order valence-corrected chi connectivity index (χ1v) is 7.11. The van der Waals surface area contributed by atoms with Crippen LogP contribution in [0.1, 0.15) is 52.0 Å². The second-order valence-electron chi connectivity index (χ2n) is 5.38. The molecule has 0 aliphatic carbocycles. The third kappa shape index (κ3) is 5.43. The molecule has 1 aromatic rings. The van der Waals surface area contributed by atoms with Crippen molar-refractivity contribution in [2.75, 3.05) is 5.32 Å². The van der Waals surface area contributed by atoms with Crippen molar-refractivity contribution < 1.29 is 9.59 Å². The monoisotopic (exact) mass is 276 g/mol. The summed E-state index contributed by atoms with van der Waals surface area (Å²) in [5.41, 5.74) is 1.94. The zero-order valence-corrected chi connectivity index (χ0v) is 12.7. The zero-order chi connectivity index (χ0) is 15.1. The number of hydrogen-bond acceptors (Lipinski definition) is 2. The van der Waals surface area contributed by atoms with Crippen molar-refractivity contribution in [2.45, 2.75) is 52.5 Å². The maximum Gasteiger partial charge on any atom is 0.233 e. The maximum absolute atomic E-state index is 11.7. The van der Waals surface area contributed by atoms with Gasteiger partial charge >= 0.3 is 0 Å². The third-order valence-corrected chi connectivity index (χ3v) is 3.20. The minimum atomic E-state index is -0.289. The van der Waals surface area contributed by atoms with Crippen LogP contribution in [0.2, 0.25) is 0 Å². The fourth-order valence-corrected chi connectivity index (χ4v) is 1.73. The molecule has 0 aromatic heterocycles. The van der Waals surface area contributed by atoms with Crippen molar-refractivity contribution in [3.8, 4) is 0 Å². The summed E-state index contributed by atoms with van der Waals surface area (Å²) < 4.78 is 0. The molecule has 1 unspecified atom stereocenters. The molecule has 1 rings (SSSR count). The Labute approximate surface area is 121 Å². The maximum atomic E-state index is 11.7. The van der Waals surface area contributed by atoms with E-state index in [4.69, 9.17) is 0 Å². The fourth-order valence-electron chi connectivity index (χ4n) is 1.73. The van der Waals surface area contributed by atoms with Crippen molar-refractivity contribution in [3.05, 3.63) is 29.8 Å². The van der Waals surface area contributed by atoms with Gasteiger partial charge in [-0.2, -0.15) is 0 Å². The molecule has 0 heterocycles. The van der Waals surface area contributed by atoms with Crippen LogP contribution >= 0.6 is 0 Å². The zero-order valence-electron chi connectivity index (χ0n) is 12.7. The Morgan fingerprint density at radius 3 is 2.15 bits per heavy atom. The van der Waals surface area contributed by atoms with Crippen LogP contribution in [0.4, 0.5) is 5.69 Å². The highest BCUT2D eigenvalue weighted by Crippen LogP contribution is 2.17. The average molecular weight is 276 g/mol. The first-order valence-electron chi connectivity index (χ1n) is 7.11. The highest BCUT2D eigenvalue weighted by Gasteiger charge is 2.11. The van der Waals surface area contributed by atoms with Crippen LogP contribution in [-0.4, -0.2) is 17.9 Å². The van der Waals surface area contributed by atoms with E-state index >= 15 is 0 Å². The summed E-state index contributed by atoms with van der Waals surface area (Å²) in [5.74, 6) is -0.0696. The minimum Gasteiger partial charge on any atom is -0.353 e. The van der Waals surface area contributed by atoms with E-state index in [9.17, 15) is 9.59 Å². The molecule has 2 N–H and O–H groups in total. The molecule has 0 aliphatic heterocycles. The van der Waals surface area contributed by atoms with Crippen molar-refractivity contribution in [1.82, 2.24) is 5.32 Å². The van der Waals surface area contributed by atoms with Crippen molar-refractivity contribution >= 4 is 17.5 Å². The van der Waals surface area contributed by atoms with Gasteiger partial charge in [0.25, 0.3) is 0 Å². The van der Waals surface area contributed by atoms with E-state index in [-0.39, 0.29) is 24.3 Å². The normalized spacial score (nSPS) is 12.1. The lowest BCUT2D eigenvalue weighted by atomic mass is 10.0. The summed E-state index contributed by atoms with van der Waals surface area (Å²) in [7, 11) is 0. The number of nitrogens with one attached hydrogen (secondary N) is 2. The molecule has 0 saturated carbocycles. The van der Waals surface area contributed by atoms with Gasteiger partial charge in [0, 0.05) is 11.7 Å². The number of carbonyl (C=O) groups excluding carboxylic acids is 2. The Kier molecular flexibility index (Phi) is 6.22. The van der Waals surface area contributed by atoms with Crippen molar-refractivity contribution in [1.29, 1.82) is 0 Å². The van der Waals surface area contributed by atoms with Gasteiger partial charge in [0.1, 0.15) is 6.42 Å². The number of hydrogen-bond donors (Lipinski definition) is 2. The van der Waals surface area contributed by atoms with Crippen LogP contribution in [0.25, 0.3) is 0 Å². The second-order valence-corrected chi connectivity index (χ2v) is 5.38. The SMILES string of the molecule is CCC(C)NC(=O)CC(=O)Nc1ccc(C(C)C)cc1. The molecule has 0 bridgehead atoms. The van der Waals surface area contributed by atoms with Crippen molar-refractivity contribution in [3.63, 3.8) is 0 Å². The van der Waals surface area contributed by atoms with E-state index in [1.165, 1.54) is 5.56 Å². The molecular weight excluding hydrogens is 252 g/mol. The summed E-state index contributed by atoms with van der Waals surface area (Å²) in [6.45, 7) is 8.14. The van der Waals surface area contributed by atoms with E-state index < -0.39 is 0 Å². The molecule has 110 valence electrons. The molecule has 20 heavy (non-hydrogen) atoms. The quantitative estimate of drug-likeness (QED) is 0.785. The lowest BCUT2D eigenvalue weighted by molar-refractivity contribution is -0.127. The van der Waals surface area contributed by atoms with Gasteiger partial charge in [-0.25, -0.2) is 0 Å². The van der Waals surface area contributed by atoms with Crippen LogP contribution in [0, 0.1) is 0 Å². The highest BCUT2D eigenvalue weighted by molar-refractivity contribution is 6.03. The van der Waals surface area contributed by atoms with Gasteiger partial charge in [-0.1, -0.05) is 32.9 Å². The smallest absolute Gasteiger partial charge is 0.233 e. The van der Waals surface area contributed by atoms with E-state index in [1.54, 1.807) is 0 Å². The van der Waals surface area contributed by atoms with Gasteiger partial charge in [-0.15, -0.1) is 0 Å². The van der Waals surface area contributed by atoms with Gasteiger partial charge in [0.2, 0.25) is 11.8 Å². The Balaban J connectivity index is 2.48. The Morgan fingerprint density at radius 2 is 1.65 bits per heavy atom. The molecular formula is C16H24N2O2. The number of benzene rings is 1. The van der Waals surface area contributed by atoms with Gasteiger partial charge in [-0.3, -0.25) is 9.59 Å². The topological polar surface area (TPSA) is 58.2 Å². The molecule has 1 atom stereocenters. The van der Waals surface area contributed by atoms with E-state index in [0.717, 1.165) is 12.1 Å². The molecule has 4 nitrogen and oxygen atoms in total. The summed E-state index contributed by atoms with van der Waals surface area (Å²) in [5, 5.41) is 5.50. The van der Waals surface area contributed by atoms with Crippen LogP contribution in [-0.2, 0) is 9.59 Å². The molecule has 2 amide bonds. The summed E-state index contributed by atoms with van der Waals surface area (Å²) in [4.78, 5) is 23.3. The number of amides is 2. The van der Waals surface area contributed by atoms with Gasteiger partial charge in [-0.05, 0) is 37.0 Å². The van der Waals surface area contributed by atoms with E-state index in [2.05, 4.69) is 24.5 Å². The molecule has 0 aliphatic rings. The predicted molar refractivity (Wildman–Crippen MR) is 81.7 cm³/mol. The minimum absolute atomic E-state index is 0.0978.